The third kappa shape index (κ3) is 5.43. The minimum Gasteiger partial charge on any atom is -0.303 e. The van der Waals surface area contributed by atoms with Gasteiger partial charge < -0.3 is 4.90 Å². The molecule has 0 radical (unpaired) electrons. The summed E-state index contributed by atoms with van der Waals surface area (Å²) in [5, 5.41) is 0. The van der Waals surface area contributed by atoms with E-state index in [-0.39, 0.29) is 0 Å². The second-order valence-corrected chi connectivity index (χ2v) is 8.38. The van der Waals surface area contributed by atoms with Gasteiger partial charge in [0.15, 0.2) is 0 Å². The largest absolute Gasteiger partial charge is 0.303 e. The van der Waals surface area contributed by atoms with E-state index in [2.05, 4.69) is 58.3 Å². The van der Waals surface area contributed by atoms with Gasteiger partial charge in [-0.3, -0.25) is 4.90 Å². The second-order valence-electron chi connectivity index (χ2n) is 8.38. The van der Waals surface area contributed by atoms with Crippen LogP contribution in [-0.2, 0) is 13.0 Å². The van der Waals surface area contributed by atoms with Gasteiger partial charge in [-0.25, -0.2) is 0 Å². The van der Waals surface area contributed by atoms with Gasteiger partial charge in [-0.05, 0) is 80.5 Å². The number of piperidine rings is 2. The molecule has 0 N–H and O–H groups in total. The van der Waals surface area contributed by atoms with Gasteiger partial charge in [-0.2, -0.15) is 0 Å². The van der Waals surface area contributed by atoms with Crippen LogP contribution in [0.15, 0.2) is 48.5 Å². The SMILES string of the molecule is c1cc(-c2ccc(CN3CCCCC3)cc2)ccc1CCN1CCCCC1. The molecule has 0 spiro atoms. The molecular formula is C25H34N2. The molecule has 0 unspecified atom stereocenters. The molecule has 2 aromatic rings. The monoisotopic (exact) mass is 362 g/mol. The summed E-state index contributed by atoms with van der Waals surface area (Å²) in [4.78, 5) is 5.22. The highest BCUT2D eigenvalue weighted by atomic mass is 15.1. The number of rotatable bonds is 6. The first-order chi connectivity index (χ1) is 13.4. The number of hydrogen-bond donors (Lipinski definition) is 0. The summed E-state index contributed by atoms with van der Waals surface area (Å²) in [5.74, 6) is 0. The van der Waals surface area contributed by atoms with E-state index < -0.39 is 0 Å². The third-order valence-corrected chi connectivity index (χ3v) is 6.26. The van der Waals surface area contributed by atoms with Gasteiger partial charge in [0.2, 0.25) is 0 Å². The minimum atomic E-state index is 1.11. The van der Waals surface area contributed by atoms with Crippen molar-refractivity contribution in [1.29, 1.82) is 0 Å². The lowest BCUT2D eigenvalue weighted by atomic mass is 10.0. The normalized spacial score (nSPS) is 19.3. The van der Waals surface area contributed by atoms with Crippen LogP contribution < -0.4 is 0 Å². The van der Waals surface area contributed by atoms with Crippen LogP contribution in [0.5, 0.6) is 0 Å². The molecule has 2 aliphatic rings. The fourth-order valence-corrected chi connectivity index (χ4v) is 4.51. The number of hydrogen-bond acceptors (Lipinski definition) is 2. The van der Waals surface area contributed by atoms with Gasteiger partial charge in [0.25, 0.3) is 0 Å². The van der Waals surface area contributed by atoms with Crippen LogP contribution in [0.1, 0.15) is 49.7 Å². The lowest BCUT2D eigenvalue weighted by molar-refractivity contribution is 0.221. The molecule has 0 saturated carbocycles. The Bertz CT molecular complexity index is 677. The highest BCUT2D eigenvalue weighted by molar-refractivity contribution is 5.64. The summed E-state index contributed by atoms with van der Waals surface area (Å²) in [6.45, 7) is 7.44. The number of benzene rings is 2. The maximum atomic E-state index is 2.62. The number of nitrogens with zero attached hydrogens (tertiary/aromatic N) is 2. The van der Waals surface area contributed by atoms with Gasteiger partial charge in [-0.15, -0.1) is 0 Å². The van der Waals surface area contributed by atoms with Crippen LogP contribution >= 0.6 is 0 Å². The molecule has 2 saturated heterocycles. The maximum Gasteiger partial charge on any atom is 0.0233 e. The van der Waals surface area contributed by atoms with Crippen molar-refractivity contribution in [3.63, 3.8) is 0 Å². The Hall–Kier alpha value is -1.64. The first-order valence-electron chi connectivity index (χ1n) is 11.0. The van der Waals surface area contributed by atoms with E-state index in [9.17, 15) is 0 Å². The average Bonchev–Trinajstić information content (AvgIpc) is 2.75. The van der Waals surface area contributed by atoms with Crippen LogP contribution in [0.4, 0.5) is 0 Å². The standard InChI is InChI=1S/C25H34N2/c1-3-16-26(17-4-1)20-15-22-7-11-24(12-8-22)25-13-9-23(10-14-25)21-27-18-5-2-6-19-27/h7-14H,1-6,15-21H2. The Labute approximate surface area is 165 Å². The van der Waals surface area contributed by atoms with Gasteiger partial charge >= 0.3 is 0 Å². The van der Waals surface area contributed by atoms with Crippen LogP contribution in [0, 0.1) is 0 Å². The fourth-order valence-electron chi connectivity index (χ4n) is 4.51. The summed E-state index contributed by atoms with van der Waals surface area (Å²) in [7, 11) is 0. The number of likely N-dealkylation sites (tertiary alicyclic amines) is 2. The van der Waals surface area contributed by atoms with Crippen molar-refractivity contribution in [2.45, 2.75) is 51.5 Å². The molecule has 2 heterocycles. The average molecular weight is 363 g/mol. The Morgan fingerprint density at radius 2 is 1.00 bits per heavy atom. The molecule has 27 heavy (non-hydrogen) atoms. The summed E-state index contributed by atoms with van der Waals surface area (Å²) < 4.78 is 0. The van der Waals surface area contributed by atoms with E-state index in [1.165, 1.54) is 99.9 Å². The van der Waals surface area contributed by atoms with Crippen LogP contribution in [-0.4, -0.2) is 42.5 Å². The molecule has 0 amide bonds. The summed E-state index contributed by atoms with van der Waals surface area (Å²) in [5.41, 5.74) is 5.58. The van der Waals surface area contributed by atoms with Crippen molar-refractivity contribution < 1.29 is 0 Å². The zero-order valence-corrected chi connectivity index (χ0v) is 16.7. The van der Waals surface area contributed by atoms with Crippen LogP contribution in [0.2, 0.25) is 0 Å². The third-order valence-electron chi connectivity index (χ3n) is 6.26. The topological polar surface area (TPSA) is 6.48 Å². The minimum absolute atomic E-state index is 1.11. The molecule has 2 aromatic carbocycles. The predicted molar refractivity (Wildman–Crippen MR) is 115 cm³/mol. The van der Waals surface area contributed by atoms with E-state index in [0.717, 1.165) is 6.54 Å². The summed E-state index contributed by atoms with van der Waals surface area (Å²) in [6, 6.07) is 18.4. The lowest BCUT2D eigenvalue weighted by Crippen LogP contribution is -2.31. The fraction of sp³-hybridized carbons (Fsp3) is 0.520. The quantitative estimate of drug-likeness (QED) is 0.682. The Morgan fingerprint density at radius 3 is 1.56 bits per heavy atom. The second kappa shape index (κ2) is 9.52. The zero-order chi connectivity index (χ0) is 18.3. The van der Waals surface area contributed by atoms with Gasteiger partial charge in [0.05, 0.1) is 0 Å². The Kier molecular flexibility index (Phi) is 6.60. The van der Waals surface area contributed by atoms with Crippen LogP contribution in [0.25, 0.3) is 11.1 Å². The summed E-state index contributed by atoms with van der Waals surface area (Å²) in [6.07, 6.45) is 9.49. The molecule has 0 aliphatic carbocycles. The molecule has 4 rings (SSSR count). The zero-order valence-electron chi connectivity index (χ0n) is 16.7. The first kappa shape index (κ1) is 18.7. The molecule has 2 aliphatic heterocycles. The van der Waals surface area contributed by atoms with Crippen molar-refractivity contribution in [2.75, 3.05) is 32.7 Å². The molecule has 2 nitrogen and oxygen atoms in total. The van der Waals surface area contributed by atoms with Gasteiger partial charge in [-0.1, -0.05) is 61.4 Å². The summed E-state index contributed by atoms with van der Waals surface area (Å²) >= 11 is 0. The Balaban J connectivity index is 1.31. The van der Waals surface area contributed by atoms with Crippen LogP contribution in [0.3, 0.4) is 0 Å². The van der Waals surface area contributed by atoms with E-state index in [4.69, 9.17) is 0 Å². The van der Waals surface area contributed by atoms with Crippen molar-refractivity contribution in [2.24, 2.45) is 0 Å². The van der Waals surface area contributed by atoms with Crippen molar-refractivity contribution in [3.8, 4) is 11.1 Å². The lowest BCUT2D eigenvalue weighted by Gasteiger charge is -2.26. The molecule has 144 valence electrons. The molecule has 2 fully saturated rings. The predicted octanol–water partition coefficient (Wildman–Crippen LogP) is 5.37. The van der Waals surface area contributed by atoms with Gasteiger partial charge in [0, 0.05) is 13.1 Å². The molecule has 0 atom stereocenters. The van der Waals surface area contributed by atoms with Crippen molar-refractivity contribution in [3.05, 3.63) is 59.7 Å². The van der Waals surface area contributed by atoms with E-state index in [1.54, 1.807) is 0 Å². The Morgan fingerprint density at radius 1 is 0.519 bits per heavy atom. The van der Waals surface area contributed by atoms with Crippen molar-refractivity contribution in [1.82, 2.24) is 9.80 Å². The molecule has 0 aromatic heterocycles. The van der Waals surface area contributed by atoms with E-state index in [1.807, 2.05) is 0 Å². The highest BCUT2D eigenvalue weighted by Crippen LogP contribution is 2.22. The molecular weight excluding hydrogens is 328 g/mol. The van der Waals surface area contributed by atoms with E-state index in [0.29, 0.717) is 0 Å². The highest BCUT2D eigenvalue weighted by Gasteiger charge is 2.11. The smallest absolute Gasteiger partial charge is 0.0233 e. The maximum absolute atomic E-state index is 2.62. The van der Waals surface area contributed by atoms with Gasteiger partial charge in [0.1, 0.15) is 0 Å². The first-order valence-corrected chi connectivity index (χ1v) is 11.0. The van der Waals surface area contributed by atoms with Crippen molar-refractivity contribution >= 4 is 0 Å². The molecule has 0 bridgehead atoms. The molecule has 2 heteroatoms. The van der Waals surface area contributed by atoms with E-state index >= 15 is 0 Å².